The van der Waals surface area contributed by atoms with Crippen LogP contribution in [0.1, 0.15) is 40.2 Å². The third-order valence-corrected chi connectivity index (χ3v) is 10.1. The van der Waals surface area contributed by atoms with Gasteiger partial charge in [-0.2, -0.15) is 0 Å². The minimum absolute atomic E-state index is 0.00344. The first-order valence-corrected chi connectivity index (χ1v) is 17.2. The van der Waals surface area contributed by atoms with Crippen molar-refractivity contribution in [1.29, 1.82) is 0 Å². The third-order valence-electron chi connectivity index (χ3n) is 4.97. The van der Waals surface area contributed by atoms with Gasteiger partial charge in [0, 0.05) is 18.1 Å². The zero-order chi connectivity index (χ0) is 22.3. The van der Waals surface area contributed by atoms with Crippen molar-refractivity contribution in [2.24, 2.45) is 5.92 Å². The third kappa shape index (κ3) is 10.4. The highest BCUT2D eigenvalue weighted by molar-refractivity contribution is 6.73. The Balaban J connectivity index is 2.91. The topological polar surface area (TPSA) is 47.9 Å². The smallest absolute Gasteiger partial charge is 0.189 e. The fourth-order valence-corrected chi connectivity index (χ4v) is 11.2. The molecule has 168 valence electrons. The Morgan fingerprint density at radius 1 is 0.828 bits per heavy atom. The number of hydrogen-bond donors (Lipinski definition) is 1. The highest BCUT2D eigenvalue weighted by Gasteiger charge is 2.46. The number of rotatable bonds is 13. The summed E-state index contributed by atoms with van der Waals surface area (Å²) in [5, 5.41) is 11.9. The molecule has 4 nitrogen and oxygen atoms in total. The van der Waals surface area contributed by atoms with Gasteiger partial charge in [-0.3, -0.25) is 0 Å². The molecular formula is C23H44O4Si2. The van der Waals surface area contributed by atoms with Crippen LogP contribution in [0.4, 0.5) is 0 Å². The van der Waals surface area contributed by atoms with Crippen LogP contribution in [0.5, 0.6) is 0 Å². The average molecular weight is 441 g/mol. The van der Waals surface area contributed by atoms with Crippen LogP contribution in [-0.4, -0.2) is 46.2 Å². The van der Waals surface area contributed by atoms with Crippen LogP contribution in [-0.2, 0) is 20.2 Å². The van der Waals surface area contributed by atoms with Gasteiger partial charge in [-0.1, -0.05) is 37.3 Å². The molecule has 6 heteroatoms. The molecule has 1 aromatic rings. The van der Waals surface area contributed by atoms with Crippen LogP contribution in [0.3, 0.4) is 0 Å². The average Bonchev–Trinajstić information content (AvgIpc) is 2.51. The zero-order valence-corrected chi connectivity index (χ0v) is 22.1. The molecule has 29 heavy (non-hydrogen) atoms. The second-order valence-corrected chi connectivity index (χ2v) is 18.4. The van der Waals surface area contributed by atoms with E-state index in [1.165, 1.54) is 0 Å². The van der Waals surface area contributed by atoms with Crippen molar-refractivity contribution >= 4 is 16.6 Å². The van der Waals surface area contributed by atoms with E-state index in [0.29, 0.717) is 25.3 Å². The molecule has 0 aliphatic rings. The predicted molar refractivity (Wildman–Crippen MR) is 127 cm³/mol. The fraction of sp³-hybridized carbons (Fsp3) is 0.739. The summed E-state index contributed by atoms with van der Waals surface area (Å²) < 4.78 is 18.5. The lowest BCUT2D eigenvalue weighted by Gasteiger charge is -2.43. The van der Waals surface area contributed by atoms with Crippen molar-refractivity contribution in [2.45, 2.75) is 97.3 Å². The molecule has 0 aromatic heterocycles. The Bertz CT molecular complexity index is 564. The first-order chi connectivity index (χ1) is 13.2. The molecular weight excluding hydrogens is 396 g/mol. The summed E-state index contributed by atoms with van der Waals surface area (Å²) in [5.41, 5.74) is 0.297. The molecule has 0 amide bonds. The Hall–Kier alpha value is -0.506. The molecule has 1 rings (SSSR count). The molecule has 0 spiro atoms. The van der Waals surface area contributed by atoms with Crippen LogP contribution >= 0.6 is 0 Å². The minimum Gasteiger partial charge on any atom is -0.415 e. The summed E-state index contributed by atoms with van der Waals surface area (Å²) in [4.78, 5) is 0. The molecule has 0 bridgehead atoms. The molecule has 1 atom stereocenters. The summed E-state index contributed by atoms with van der Waals surface area (Å²) in [5.74, 6) is -0.00344. The van der Waals surface area contributed by atoms with Crippen molar-refractivity contribution < 1.29 is 18.7 Å². The van der Waals surface area contributed by atoms with Gasteiger partial charge in [0.1, 0.15) is 0 Å². The number of aliphatic hydroxyl groups is 1. The molecule has 0 fully saturated rings. The number of benzene rings is 1. The van der Waals surface area contributed by atoms with Crippen molar-refractivity contribution in [2.75, 3.05) is 6.61 Å². The van der Waals surface area contributed by atoms with Gasteiger partial charge in [-0.05, 0) is 71.5 Å². The summed E-state index contributed by atoms with van der Waals surface area (Å²) in [6.45, 7) is 20.3. The van der Waals surface area contributed by atoms with Gasteiger partial charge in [0.2, 0.25) is 0 Å². The quantitative estimate of drug-likeness (QED) is 0.392. The first-order valence-electron chi connectivity index (χ1n) is 10.9. The van der Waals surface area contributed by atoms with Crippen molar-refractivity contribution in [1.82, 2.24) is 0 Å². The van der Waals surface area contributed by atoms with E-state index in [1.807, 2.05) is 18.2 Å². The van der Waals surface area contributed by atoms with Gasteiger partial charge in [0.25, 0.3) is 0 Å². The van der Waals surface area contributed by atoms with E-state index in [4.69, 9.17) is 13.6 Å². The summed E-state index contributed by atoms with van der Waals surface area (Å²) in [7, 11) is -4.09. The molecule has 0 saturated heterocycles. The van der Waals surface area contributed by atoms with Gasteiger partial charge >= 0.3 is 0 Å². The van der Waals surface area contributed by atoms with E-state index >= 15 is 0 Å². The maximum absolute atomic E-state index is 11.9. The Morgan fingerprint density at radius 3 is 1.69 bits per heavy atom. The van der Waals surface area contributed by atoms with E-state index < -0.39 is 22.2 Å². The van der Waals surface area contributed by atoms with Crippen LogP contribution < -0.4 is 0 Å². The minimum atomic E-state index is -2.05. The van der Waals surface area contributed by atoms with Crippen molar-refractivity contribution in [3.63, 3.8) is 0 Å². The lowest BCUT2D eigenvalue weighted by molar-refractivity contribution is -0.0316. The van der Waals surface area contributed by atoms with Gasteiger partial charge < -0.3 is 18.7 Å². The summed E-state index contributed by atoms with van der Waals surface area (Å²) in [6, 6.07) is 11.6. The lowest BCUT2D eigenvalue weighted by Crippen LogP contribution is -2.53. The van der Waals surface area contributed by atoms with Crippen LogP contribution in [0.15, 0.2) is 30.3 Å². The first kappa shape index (κ1) is 26.5. The molecule has 1 N–H and O–H groups in total. The maximum Gasteiger partial charge on any atom is 0.189 e. The largest absolute Gasteiger partial charge is 0.415 e. The molecule has 0 heterocycles. The SMILES string of the molecule is CC(C)O[Si](C)(C)CC(O)(C[Si](C)(C)OC(C)C)[C@H](C)COCc1ccccc1. The number of ether oxygens (including phenoxy) is 1. The van der Waals surface area contributed by atoms with E-state index in [-0.39, 0.29) is 18.1 Å². The molecule has 0 aliphatic heterocycles. The molecule has 1 aromatic carbocycles. The second kappa shape index (κ2) is 11.2. The van der Waals surface area contributed by atoms with E-state index in [2.05, 4.69) is 72.9 Å². The molecule has 0 unspecified atom stereocenters. The summed E-state index contributed by atoms with van der Waals surface area (Å²) >= 11 is 0. The Morgan fingerprint density at radius 2 is 1.28 bits per heavy atom. The van der Waals surface area contributed by atoms with Gasteiger partial charge in [0.15, 0.2) is 16.6 Å². The van der Waals surface area contributed by atoms with Crippen LogP contribution in [0.2, 0.25) is 38.3 Å². The molecule has 0 radical (unpaired) electrons. The van der Waals surface area contributed by atoms with Crippen molar-refractivity contribution in [3.8, 4) is 0 Å². The van der Waals surface area contributed by atoms with Gasteiger partial charge in [-0.25, -0.2) is 0 Å². The van der Waals surface area contributed by atoms with Crippen molar-refractivity contribution in [3.05, 3.63) is 35.9 Å². The zero-order valence-electron chi connectivity index (χ0n) is 20.1. The van der Waals surface area contributed by atoms with Gasteiger partial charge in [-0.15, -0.1) is 0 Å². The standard InChI is InChI=1S/C23H44O4Si2/c1-19(2)26-28(6,7)17-23(24,18-29(8,9)27-20(3)4)21(5)15-25-16-22-13-11-10-12-14-22/h10-14,19-21,24H,15-18H2,1-9H3/t21-/m1/s1. The number of hydrogen-bond acceptors (Lipinski definition) is 4. The van der Waals surface area contributed by atoms with Crippen LogP contribution in [0, 0.1) is 5.92 Å². The Labute approximate surface area is 181 Å². The van der Waals surface area contributed by atoms with E-state index in [9.17, 15) is 5.11 Å². The van der Waals surface area contributed by atoms with E-state index in [0.717, 1.165) is 5.56 Å². The van der Waals surface area contributed by atoms with E-state index in [1.54, 1.807) is 0 Å². The second-order valence-electron chi connectivity index (χ2n) is 10.2. The van der Waals surface area contributed by atoms with Crippen LogP contribution in [0.25, 0.3) is 0 Å². The lowest BCUT2D eigenvalue weighted by atomic mass is 9.93. The molecule has 0 saturated carbocycles. The normalized spacial score (nSPS) is 14.6. The summed E-state index contributed by atoms with van der Waals surface area (Å²) in [6.07, 6.45) is 0.338. The highest BCUT2D eigenvalue weighted by atomic mass is 28.4. The monoisotopic (exact) mass is 440 g/mol. The fourth-order valence-electron chi connectivity index (χ4n) is 4.33. The highest BCUT2D eigenvalue weighted by Crippen LogP contribution is 2.37. The maximum atomic E-state index is 11.9. The molecule has 0 aliphatic carbocycles. The Kier molecular flexibility index (Phi) is 10.3. The van der Waals surface area contributed by atoms with Gasteiger partial charge in [0.05, 0.1) is 18.8 Å². The predicted octanol–water partition coefficient (Wildman–Crippen LogP) is 5.83.